The number of hydrogen-bond acceptors (Lipinski definition) is 2. The van der Waals surface area contributed by atoms with Gasteiger partial charge in [-0.25, -0.2) is 10.3 Å². The van der Waals surface area contributed by atoms with Gasteiger partial charge in [-0.3, -0.25) is 4.79 Å². The lowest BCUT2D eigenvalue weighted by molar-refractivity contribution is -0.113. The van der Waals surface area contributed by atoms with Crippen molar-refractivity contribution in [3.63, 3.8) is 0 Å². The first-order chi connectivity index (χ1) is 4.75. The Balaban J connectivity index is 2.65. The average Bonchev–Trinajstić information content (AvgIpc) is 2.34. The minimum Gasteiger partial charge on any atom is -0.276 e. The Labute approximate surface area is 62.6 Å². The van der Waals surface area contributed by atoms with Crippen molar-refractivity contribution < 1.29 is 4.79 Å². The molecule has 1 aliphatic rings. The van der Waals surface area contributed by atoms with E-state index in [2.05, 4.69) is 0 Å². The van der Waals surface area contributed by atoms with Crippen LogP contribution in [0, 0.1) is 0 Å². The summed E-state index contributed by atoms with van der Waals surface area (Å²) in [7, 11) is 0. The third-order valence-electron chi connectivity index (χ3n) is 1.28. The predicted octanol–water partition coefficient (Wildman–Crippen LogP) is 0.666. The molecule has 4 heteroatoms. The van der Waals surface area contributed by atoms with Crippen LogP contribution in [0.2, 0.25) is 0 Å². The lowest BCUT2D eigenvalue weighted by atomic mass is 10.5. The van der Waals surface area contributed by atoms with Gasteiger partial charge in [0, 0.05) is 0 Å². The molecule has 10 heavy (non-hydrogen) atoms. The van der Waals surface area contributed by atoms with Crippen molar-refractivity contribution in [1.29, 1.82) is 0 Å². The molecule has 0 aromatic heterocycles. The summed E-state index contributed by atoms with van der Waals surface area (Å²) in [6.07, 6.45) is 4.54. The highest BCUT2D eigenvalue weighted by Crippen LogP contribution is 2.40. The van der Waals surface area contributed by atoms with Crippen LogP contribution in [-0.2, 0) is 4.79 Å². The summed E-state index contributed by atoms with van der Waals surface area (Å²) in [5, 5.41) is 1.94. The van der Waals surface area contributed by atoms with Crippen molar-refractivity contribution >= 4 is 17.5 Å². The highest BCUT2D eigenvalue weighted by molar-refractivity contribution is 8.21. The Bertz CT molecular complexity index is 200. The first kappa shape index (κ1) is 7.37. The normalized spacial score (nSPS) is 26.2. The van der Waals surface area contributed by atoms with E-state index in [0.717, 1.165) is 4.91 Å². The molecular formula is C6H10N2OS. The number of thiol groups is 1. The highest BCUT2D eigenvalue weighted by atomic mass is 32.2. The number of nitrogens with two attached hydrogens (primary N) is 1. The van der Waals surface area contributed by atoms with Crippen LogP contribution in [0.5, 0.6) is 0 Å². The van der Waals surface area contributed by atoms with E-state index < -0.39 is 11.1 Å². The molecule has 2 N–H and O–H groups in total. The van der Waals surface area contributed by atoms with Gasteiger partial charge in [0.05, 0.1) is 0 Å². The molecule has 0 bridgehead atoms. The van der Waals surface area contributed by atoms with E-state index in [0.29, 0.717) is 6.41 Å². The third kappa shape index (κ3) is 1.22. The molecule has 1 unspecified atom stereocenters. The van der Waals surface area contributed by atoms with Crippen LogP contribution in [0.4, 0.5) is 0 Å². The van der Waals surface area contributed by atoms with Crippen LogP contribution in [0.25, 0.3) is 0 Å². The van der Waals surface area contributed by atoms with Gasteiger partial charge in [-0.05, 0) is 17.2 Å². The molecule has 0 aliphatic carbocycles. The number of amides is 1. The standard InChI is InChI=1S/C6H10N2OS/c1-6-3-2-4-10(6)8(7)5-9/h2-5,10H,7H2,1H3. The van der Waals surface area contributed by atoms with E-state index >= 15 is 0 Å². The molecule has 1 heterocycles. The summed E-state index contributed by atoms with van der Waals surface area (Å²) in [5.41, 5.74) is 0. The van der Waals surface area contributed by atoms with Gasteiger partial charge in [0.1, 0.15) is 0 Å². The predicted molar refractivity (Wildman–Crippen MR) is 44.0 cm³/mol. The molecule has 1 aliphatic heterocycles. The average molecular weight is 158 g/mol. The number of hydrazine groups is 1. The Hall–Kier alpha value is -0.740. The van der Waals surface area contributed by atoms with Gasteiger partial charge in [0.2, 0.25) is 6.41 Å². The maximum absolute atomic E-state index is 10.2. The maximum Gasteiger partial charge on any atom is 0.232 e. The molecule has 3 nitrogen and oxygen atoms in total. The van der Waals surface area contributed by atoms with E-state index in [4.69, 9.17) is 5.84 Å². The zero-order valence-electron chi connectivity index (χ0n) is 5.69. The Morgan fingerprint density at radius 3 is 2.90 bits per heavy atom. The van der Waals surface area contributed by atoms with E-state index in [-0.39, 0.29) is 0 Å². The zero-order valence-corrected chi connectivity index (χ0v) is 6.58. The molecule has 1 rings (SSSR count). The molecule has 56 valence electrons. The van der Waals surface area contributed by atoms with Gasteiger partial charge in [0.15, 0.2) is 0 Å². The number of carbonyl (C=O) groups excluding carboxylic acids is 1. The van der Waals surface area contributed by atoms with Crippen LogP contribution >= 0.6 is 11.1 Å². The van der Waals surface area contributed by atoms with Crippen LogP contribution < -0.4 is 5.84 Å². The quantitative estimate of drug-likeness (QED) is 0.204. The van der Waals surface area contributed by atoms with Gasteiger partial charge < -0.3 is 0 Å². The molecule has 0 saturated carbocycles. The Kier molecular flexibility index (Phi) is 2.13. The second-order valence-electron chi connectivity index (χ2n) is 1.98. The molecular weight excluding hydrogens is 148 g/mol. The molecule has 0 aromatic carbocycles. The minimum atomic E-state index is -0.644. The van der Waals surface area contributed by atoms with E-state index in [9.17, 15) is 4.79 Å². The van der Waals surface area contributed by atoms with Crippen LogP contribution in [0.3, 0.4) is 0 Å². The summed E-state index contributed by atoms with van der Waals surface area (Å²) < 4.78 is 1.21. The monoisotopic (exact) mass is 158 g/mol. The Morgan fingerprint density at radius 1 is 1.80 bits per heavy atom. The number of hydrogen-bond donors (Lipinski definition) is 2. The molecule has 1 amide bonds. The summed E-state index contributed by atoms with van der Waals surface area (Å²) in [5.74, 6) is 5.37. The first-order valence-corrected chi connectivity index (χ1v) is 4.25. The zero-order chi connectivity index (χ0) is 7.56. The summed E-state index contributed by atoms with van der Waals surface area (Å²) in [4.78, 5) is 11.4. The summed E-state index contributed by atoms with van der Waals surface area (Å²) in [6.45, 7) is 1.97. The highest BCUT2D eigenvalue weighted by Gasteiger charge is 2.09. The van der Waals surface area contributed by atoms with Crippen molar-refractivity contribution in [1.82, 2.24) is 4.41 Å². The van der Waals surface area contributed by atoms with Crippen molar-refractivity contribution in [3.8, 4) is 0 Å². The van der Waals surface area contributed by atoms with Crippen LogP contribution in [-0.4, -0.2) is 10.8 Å². The molecule has 0 fully saturated rings. The molecule has 0 saturated heterocycles. The second kappa shape index (κ2) is 2.90. The van der Waals surface area contributed by atoms with E-state index in [1.54, 1.807) is 0 Å². The van der Waals surface area contributed by atoms with Gasteiger partial charge >= 0.3 is 0 Å². The second-order valence-corrected chi connectivity index (χ2v) is 4.13. The van der Waals surface area contributed by atoms with Crippen LogP contribution in [0.1, 0.15) is 6.92 Å². The summed E-state index contributed by atoms with van der Waals surface area (Å²) in [6, 6.07) is 0. The van der Waals surface area contributed by atoms with Gasteiger partial charge in [-0.1, -0.05) is 12.2 Å². The summed E-state index contributed by atoms with van der Waals surface area (Å²) >= 11 is -0.644. The fourth-order valence-corrected chi connectivity index (χ4v) is 2.11. The number of allylic oxidation sites excluding steroid dienone is 3. The topological polar surface area (TPSA) is 46.3 Å². The van der Waals surface area contributed by atoms with Crippen molar-refractivity contribution in [3.05, 3.63) is 22.5 Å². The van der Waals surface area contributed by atoms with Gasteiger partial charge in [-0.15, -0.1) is 11.1 Å². The maximum atomic E-state index is 10.2. The Morgan fingerprint density at radius 2 is 2.50 bits per heavy atom. The first-order valence-electron chi connectivity index (χ1n) is 2.89. The lowest BCUT2D eigenvalue weighted by Crippen LogP contribution is -2.24. The van der Waals surface area contributed by atoms with Crippen molar-refractivity contribution in [2.75, 3.05) is 0 Å². The number of nitrogens with zero attached hydrogens (tertiary/aromatic N) is 1. The fourth-order valence-electron chi connectivity index (χ4n) is 0.768. The lowest BCUT2D eigenvalue weighted by Gasteiger charge is -2.22. The van der Waals surface area contributed by atoms with Crippen molar-refractivity contribution in [2.24, 2.45) is 5.84 Å². The third-order valence-corrected chi connectivity index (χ3v) is 3.20. The smallest absolute Gasteiger partial charge is 0.232 e. The van der Waals surface area contributed by atoms with Crippen LogP contribution in [0.15, 0.2) is 22.5 Å². The minimum absolute atomic E-state index is 0.644. The van der Waals surface area contributed by atoms with Crippen molar-refractivity contribution in [2.45, 2.75) is 6.92 Å². The largest absolute Gasteiger partial charge is 0.276 e. The molecule has 0 spiro atoms. The van der Waals surface area contributed by atoms with E-state index in [1.807, 2.05) is 24.5 Å². The van der Waals surface area contributed by atoms with Gasteiger partial charge in [0.25, 0.3) is 0 Å². The molecule has 0 aromatic rings. The van der Waals surface area contributed by atoms with E-state index in [1.165, 1.54) is 4.41 Å². The number of rotatable bonds is 2. The van der Waals surface area contributed by atoms with Gasteiger partial charge in [-0.2, -0.15) is 0 Å². The number of carbonyl (C=O) groups is 1. The molecule has 0 radical (unpaired) electrons. The molecule has 1 atom stereocenters. The SMILES string of the molecule is CC1=CC=C[SH]1N(N)C=O. The fraction of sp³-hybridized carbons (Fsp3) is 0.167.